The molecular weight excluding hydrogens is 478 g/mol. The predicted octanol–water partition coefficient (Wildman–Crippen LogP) is 5.97. The van der Waals surface area contributed by atoms with Crippen LogP contribution < -0.4 is 15.8 Å². The molecule has 0 saturated carbocycles. The Morgan fingerprint density at radius 2 is 1.97 bits per heavy atom. The molecule has 0 aliphatic heterocycles. The second-order valence-corrected chi connectivity index (χ2v) is 9.33. The number of aryl methyl sites for hydroxylation is 3. The third-order valence-electron chi connectivity index (χ3n) is 5.95. The van der Waals surface area contributed by atoms with Crippen molar-refractivity contribution in [3.8, 4) is 5.75 Å². The number of aromatic nitrogens is 3. The summed E-state index contributed by atoms with van der Waals surface area (Å²) in [5.41, 5.74) is 11.1. The molecule has 2 aromatic carbocycles. The molecule has 2 aromatic heterocycles. The van der Waals surface area contributed by atoms with Crippen LogP contribution in [0.1, 0.15) is 43.1 Å². The maximum absolute atomic E-state index is 5.88. The number of nitrogens with one attached hydrogen (secondary N) is 1. The molecule has 0 aliphatic carbocycles. The van der Waals surface area contributed by atoms with Crippen molar-refractivity contribution in [2.75, 3.05) is 19.0 Å². The van der Waals surface area contributed by atoms with Gasteiger partial charge in [-0.1, -0.05) is 41.4 Å². The molecule has 7 heteroatoms. The van der Waals surface area contributed by atoms with Crippen LogP contribution in [0.15, 0.2) is 40.9 Å². The summed E-state index contributed by atoms with van der Waals surface area (Å²) in [7, 11) is 1.71. The quantitative estimate of drug-likeness (QED) is 0.275. The summed E-state index contributed by atoms with van der Waals surface area (Å²) in [6.07, 6.45) is 4.08. The number of rotatable bonds is 10. The van der Waals surface area contributed by atoms with Crippen molar-refractivity contribution in [1.82, 2.24) is 14.5 Å². The number of benzene rings is 2. The second-order valence-electron chi connectivity index (χ2n) is 8.41. The van der Waals surface area contributed by atoms with Crippen molar-refractivity contribution in [1.29, 1.82) is 0 Å². The van der Waals surface area contributed by atoms with Gasteiger partial charge in [-0.25, -0.2) is 9.97 Å². The van der Waals surface area contributed by atoms with Crippen molar-refractivity contribution in [3.05, 3.63) is 57.8 Å². The summed E-state index contributed by atoms with van der Waals surface area (Å²) in [6, 6.07) is 12.5. The molecule has 0 spiro atoms. The third-order valence-corrected chi connectivity index (χ3v) is 6.44. The van der Waals surface area contributed by atoms with Gasteiger partial charge in [-0.15, -0.1) is 0 Å². The van der Waals surface area contributed by atoms with E-state index in [4.69, 9.17) is 20.4 Å². The first-order chi connectivity index (χ1) is 16.0. The van der Waals surface area contributed by atoms with Gasteiger partial charge in [0.15, 0.2) is 5.82 Å². The number of halogens is 1. The summed E-state index contributed by atoms with van der Waals surface area (Å²) in [6.45, 7) is 6.38. The monoisotopic (exact) mass is 509 g/mol. The molecule has 0 aliphatic rings. The summed E-state index contributed by atoms with van der Waals surface area (Å²) >= 11 is 3.64. The normalized spacial score (nSPS) is 11.4. The fourth-order valence-corrected chi connectivity index (χ4v) is 4.58. The Hall–Kier alpha value is -2.64. The highest BCUT2D eigenvalue weighted by molar-refractivity contribution is 9.10. The molecule has 0 bridgehead atoms. The highest BCUT2D eigenvalue weighted by atomic mass is 79.9. The standard InChI is InChI=1S/C26H32BrN5O/c1-4-5-7-23-31-24-25(32(23)13-6-12-28)20-15-19(27)10-11-21(20)30-26(24)29-16-18-9-8-17(2)14-22(18)33-3/h8-11,14-15H,4-7,12-13,16,28H2,1-3H3,(H,29,30). The van der Waals surface area contributed by atoms with Crippen LogP contribution in [0.2, 0.25) is 0 Å². The Balaban J connectivity index is 1.85. The zero-order valence-electron chi connectivity index (χ0n) is 19.6. The van der Waals surface area contributed by atoms with E-state index in [1.807, 2.05) is 6.07 Å². The first-order valence-electron chi connectivity index (χ1n) is 11.6. The van der Waals surface area contributed by atoms with Gasteiger partial charge < -0.3 is 20.4 Å². The summed E-state index contributed by atoms with van der Waals surface area (Å²) < 4.78 is 8.99. The maximum Gasteiger partial charge on any atom is 0.155 e. The Labute approximate surface area is 203 Å². The lowest BCUT2D eigenvalue weighted by Gasteiger charge is -2.13. The first kappa shape index (κ1) is 23.5. The Kier molecular flexibility index (Phi) is 7.50. The third kappa shape index (κ3) is 4.99. The average Bonchev–Trinajstić information content (AvgIpc) is 3.19. The molecule has 0 saturated heterocycles. The molecule has 0 unspecified atom stereocenters. The van der Waals surface area contributed by atoms with Gasteiger partial charge in [-0.3, -0.25) is 0 Å². The molecule has 0 atom stereocenters. The second kappa shape index (κ2) is 10.5. The van der Waals surface area contributed by atoms with Crippen LogP contribution in [0.5, 0.6) is 5.75 Å². The minimum absolute atomic E-state index is 0.605. The molecule has 0 amide bonds. The number of hydrogen-bond donors (Lipinski definition) is 2. The molecule has 3 N–H and O–H groups in total. The molecule has 2 heterocycles. The summed E-state index contributed by atoms with van der Waals surface area (Å²) in [5.74, 6) is 2.78. The van der Waals surface area contributed by atoms with E-state index in [1.165, 1.54) is 5.56 Å². The van der Waals surface area contributed by atoms with Gasteiger partial charge in [0.2, 0.25) is 0 Å². The molecular formula is C26H32BrN5O. The van der Waals surface area contributed by atoms with Crippen LogP contribution in [0.25, 0.3) is 21.9 Å². The maximum atomic E-state index is 5.88. The van der Waals surface area contributed by atoms with E-state index in [1.54, 1.807) is 7.11 Å². The van der Waals surface area contributed by atoms with Crippen LogP contribution in [0, 0.1) is 6.92 Å². The average molecular weight is 510 g/mol. The van der Waals surface area contributed by atoms with Gasteiger partial charge in [0.05, 0.1) is 18.1 Å². The van der Waals surface area contributed by atoms with Crippen LogP contribution in [0.4, 0.5) is 5.82 Å². The Morgan fingerprint density at radius 1 is 1.12 bits per heavy atom. The van der Waals surface area contributed by atoms with E-state index in [0.29, 0.717) is 13.1 Å². The lowest BCUT2D eigenvalue weighted by molar-refractivity contribution is 0.410. The van der Waals surface area contributed by atoms with E-state index < -0.39 is 0 Å². The molecule has 0 fully saturated rings. The molecule has 6 nitrogen and oxygen atoms in total. The molecule has 33 heavy (non-hydrogen) atoms. The molecule has 174 valence electrons. The summed E-state index contributed by atoms with van der Waals surface area (Å²) in [4.78, 5) is 10.1. The SMILES string of the molecule is CCCCc1nc2c(NCc3ccc(C)cc3OC)nc3ccc(Br)cc3c2n1CCCN. The van der Waals surface area contributed by atoms with Gasteiger partial charge in [0, 0.05) is 34.9 Å². The van der Waals surface area contributed by atoms with E-state index in [9.17, 15) is 0 Å². The first-order valence-corrected chi connectivity index (χ1v) is 12.4. The van der Waals surface area contributed by atoms with E-state index >= 15 is 0 Å². The zero-order chi connectivity index (χ0) is 23.4. The number of unbranched alkanes of at least 4 members (excludes halogenated alkanes) is 1. The Morgan fingerprint density at radius 3 is 2.73 bits per heavy atom. The molecule has 4 rings (SSSR count). The van der Waals surface area contributed by atoms with Crippen LogP contribution in [-0.2, 0) is 19.5 Å². The van der Waals surface area contributed by atoms with Gasteiger partial charge in [-0.05, 0) is 56.1 Å². The van der Waals surface area contributed by atoms with Crippen LogP contribution in [-0.4, -0.2) is 28.2 Å². The number of pyridine rings is 1. The minimum atomic E-state index is 0.605. The number of imidazole rings is 1. The largest absolute Gasteiger partial charge is 0.496 e. The lowest BCUT2D eigenvalue weighted by atomic mass is 10.1. The zero-order valence-corrected chi connectivity index (χ0v) is 21.2. The number of anilines is 1. The Bertz CT molecular complexity index is 1270. The van der Waals surface area contributed by atoms with Crippen molar-refractivity contribution >= 4 is 43.7 Å². The van der Waals surface area contributed by atoms with Gasteiger partial charge in [-0.2, -0.15) is 0 Å². The number of ether oxygens (including phenoxy) is 1. The van der Waals surface area contributed by atoms with Crippen molar-refractivity contribution < 1.29 is 4.74 Å². The van der Waals surface area contributed by atoms with Crippen LogP contribution >= 0.6 is 15.9 Å². The number of methoxy groups -OCH3 is 1. The van der Waals surface area contributed by atoms with Gasteiger partial charge >= 0.3 is 0 Å². The number of nitrogens with zero attached hydrogens (tertiary/aromatic N) is 3. The van der Waals surface area contributed by atoms with E-state index in [2.05, 4.69) is 70.0 Å². The fourth-order valence-electron chi connectivity index (χ4n) is 4.22. The highest BCUT2D eigenvalue weighted by Gasteiger charge is 2.19. The molecule has 4 aromatic rings. The van der Waals surface area contributed by atoms with Crippen molar-refractivity contribution in [2.24, 2.45) is 5.73 Å². The lowest BCUT2D eigenvalue weighted by Crippen LogP contribution is -2.09. The number of nitrogens with two attached hydrogens (primary N) is 1. The predicted molar refractivity (Wildman–Crippen MR) is 140 cm³/mol. The smallest absolute Gasteiger partial charge is 0.155 e. The highest BCUT2D eigenvalue weighted by Crippen LogP contribution is 2.33. The summed E-state index contributed by atoms with van der Waals surface area (Å²) in [5, 5.41) is 4.66. The van der Waals surface area contributed by atoms with Crippen LogP contribution in [0.3, 0.4) is 0 Å². The fraction of sp³-hybridized carbons (Fsp3) is 0.385. The number of hydrogen-bond acceptors (Lipinski definition) is 5. The van der Waals surface area contributed by atoms with E-state index in [-0.39, 0.29) is 0 Å². The molecule has 0 radical (unpaired) electrons. The van der Waals surface area contributed by atoms with Crippen molar-refractivity contribution in [3.63, 3.8) is 0 Å². The topological polar surface area (TPSA) is 78.0 Å². The minimum Gasteiger partial charge on any atom is -0.496 e. The van der Waals surface area contributed by atoms with E-state index in [0.717, 1.165) is 81.6 Å². The van der Waals surface area contributed by atoms with Crippen molar-refractivity contribution in [2.45, 2.75) is 52.6 Å². The van der Waals surface area contributed by atoms with Gasteiger partial charge in [0.1, 0.15) is 17.1 Å². The van der Waals surface area contributed by atoms with Gasteiger partial charge in [0.25, 0.3) is 0 Å². The number of fused-ring (bicyclic) bond motifs is 3.